The average Bonchev–Trinajstić information content (AvgIpc) is 2.98. The minimum atomic E-state index is -0.310. The highest BCUT2D eigenvalue weighted by Crippen LogP contribution is 2.38. The van der Waals surface area contributed by atoms with Crippen LogP contribution in [-0.2, 0) is 14.2 Å². The molecular formula is C16H30N2O3. The van der Waals surface area contributed by atoms with E-state index < -0.39 is 0 Å². The number of nitrogens with zero attached hydrogens (tertiary/aromatic N) is 1. The first-order valence-electron chi connectivity index (χ1n) is 8.55. The molecule has 0 amide bonds. The van der Waals surface area contributed by atoms with Crippen LogP contribution in [0.2, 0.25) is 0 Å². The van der Waals surface area contributed by atoms with Crippen LogP contribution < -0.4 is 5.32 Å². The Labute approximate surface area is 128 Å². The van der Waals surface area contributed by atoms with Crippen molar-refractivity contribution < 1.29 is 14.2 Å². The lowest BCUT2D eigenvalue weighted by Gasteiger charge is -2.47. The second-order valence-electron chi connectivity index (χ2n) is 6.59. The maximum Gasteiger partial charge on any atom is 0.170 e. The summed E-state index contributed by atoms with van der Waals surface area (Å²) < 4.78 is 17.5. The summed E-state index contributed by atoms with van der Waals surface area (Å²) in [4.78, 5) is 2.57. The van der Waals surface area contributed by atoms with E-state index in [1.807, 2.05) is 0 Å². The standard InChI is InChI=1S/C16H30N2O3/c1-3-17-14-4-7-16(20-10-11-21-16)12-15(14)18(2)13-5-8-19-9-6-13/h13-15,17H,3-12H2,1-2H3. The van der Waals surface area contributed by atoms with Crippen molar-refractivity contribution in [3.05, 3.63) is 0 Å². The Bertz CT molecular complexity index is 327. The van der Waals surface area contributed by atoms with Gasteiger partial charge in [0, 0.05) is 44.2 Å². The van der Waals surface area contributed by atoms with Crippen molar-refractivity contribution >= 4 is 0 Å². The van der Waals surface area contributed by atoms with E-state index in [1.54, 1.807) is 0 Å². The molecule has 2 saturated heterocycles. The molecule has 1 spiro atoms. The summed E-state index contributed by atoms with van der Waals surface area (Å²) in [6.07, 6.45) is 5.41. The van der Waals surface area contributed by atoms with E-state index >= 15 is 0 Å². The third-order valence-electron chi connectivity index (χ3n) is 5.39. The molecule has 0 aromatic heterocycles. The van der Waals surface area contributed by atoms with Gasteiger partial charge in [-0.15, -0.1) is 0 Å². The van der Waals surface area contributed by atoms with Crippen LogP contribution in [0.15, 0.2) is 0 Å². The fraction of sp³-hybridized carbons (Fsp3) is 1.00. The van der Waals surface area contributed by atoms with Gasteiger partial charge < -0.3 is 19.5 Å². The summed E-state index contributed by atoms with van der Waals surface area (Å²) in [5, 5.41) is 3.68. The maximum atomic E-state index is 5.97. The van der Waals surface area contributed by atoms with Crippen LogP contribution in [0.4, 0.5) is 0 Å². The van der Waals surface area contributed by atoms with Crippen LogP contribution in [0.1, 0.15) is 39.0 Å². The lowest BCUT2D eigenvalue weighted by atomic mass is 9.83. The molecule has 21 heavy (non-hydrogen) atoms. The smallest absolute Gasteiger partial charge is 0.170 e. The topological polar surface area (TPSA) is 43.0 Å². The second-order valence-corrected chi connectivity index (χ2v) is 6.59. The molecule has 0 aromatic rings. The quantitative estimate of drug-likeness (QED) is 0.849. The van der Waals surface area contributed by atoms with Crippen molar-refractivity contribution in [2.45, 2.75) is 62.9 Å². The van der Waals surface area contributed by atoms with E-state index in [0.717, 1.165) is 65.1 Å². The largest absolute Gasteiger partial charge is 0.381 e. The van der Waals surface area contributed by atoms with Gasteiger partial charge in [-0.1, -0.05) is 6.92 Å². The van der Waals surface area contributed by atoms with E-state index in [2.05, 4.69) is 24.2 Å². The van der Waals surface area contributed by atoms with E-state index in [-0.39, 0.29) is 5.79 Å². The van der Waals surface area contributed by atoms with Gasteiger partial charge in [-0.3, -0.25) is 4.90 Å². The van der Waals surface area contributed by atoms with E-state index in [4.69, 9.17) is 14.2 Å². The fourth-order valence-corrected chi connectivity index (χ4v) is 4.18. The van der Waals surface area contributed by atoms with Crippen LogP contribution in [0, 0.1) is 0 Å². The predicted molar refractivity (Wildman–Crippen MR) is 81.3 cm³/mol. The Kier molecular flexibility index (Phi) is 5.17. The Hall–Kier alpha value is -0.200. The van der Waals surface area contributed by atoms with Gasteiger partial charge in [0.2, 0.25) is 0 Å². The van der Waals surface area contributed by atoms with Crippen molar-refractivity contribution in [3.63, 3.8) is 0 Å². The van der Waals surface area contributed by atoms with Crippen molar-refractivity contribution in [1.82, 2.24) is 10.2 Å². The lowest BCUT2D eigenvalue weighted by Crippen LogP contribution is -2.59. The SMILES string of the molecule is CCNC1CCC2(CC1N(C)C1CCOCC1)OCCO2. The number of rotatable bonds is 4. The van der Waals surface area contributed by atoms with Crippen LogP contribution in [0.5, 0.6) is 0 Å². The Morgan fingerprint density at radius 2 is 1.81 bits per heavy atom. The first kappa shape index (κ1) is 15.7. The molecule has 5 nitrogen and oxygen atoms in total. The van der Waals surface area contributed by atoms with Gasteiger partial charge >= 0.3 is 0 Å². The fourth-order valence-electron chi connectivity index (χ4n) is 4.18. The molecule has 3 aliphatic rings. The molecular weight excluding hydrogens is 268 g/mol. The van der Waals surface area contributed by atoms with Gasteiger partial charge in [0.25, 0.3) is 0 Å². The molecule has 0 bridgehead atoms. The monoisotopic (exact) mass is 298 g/mol. The highest BCUT2D eigenvalue weighted by atomic mass is 16.7. The van der Waals surface area contributed by atoms with E-state index in [9.17, 15) is 0 Å². The number of ether oxygens (including phenoxy) is 3. The predicted octanol–water partition coefficient (Wildman–Crippen LogP) is 1.37. The molecule has 122 valence electrons. The highest BCUT2D eigenvalue weighted by Gasteiger charge is 2.47. The normalized spacial score (nSPS) is 33.9. The van der Waals surface area contributed by atoms with Gasteiger partial charge in [-0.25, -0.2) is 0 Å². The highest BCUT2D eigenvalue weighted by molar-refractivity contribution is 4.97. The molecule has 2 aliphatic heterocycles. The van der Waals surface area contributed by atoms with Gasteiger partial charge in [0.1, 0.15) is 0 Å². The molecule has 5 heteroatoms. The molecule has 0 aromatic carbocycles. The van der Waals surface area contributed by atoms with Crippen molar-refractivity contribution in [3.8, 4) is 0 Å². The Morgan fingerprint density at radius 1 is 1.10 bits per heavy atom. The number of hydrogen-bond acceptors (Lipinski definition) is 5. The summed E-state index contributed by atoms with van der Waals surface area (Å²) in [6.45, 7) is 6.51. The Morgan fingerprint density at radius 3 is 2.48 bits per heavy atom. The first-order valence-corrected chi connectivity index (χ1v) is 8.55. The molecule has 0 radical (unpaired) electrons. The minimum Gasteiger partial charge on any atom is -0.381 e. The summed E-state index contributed by atoms with van der Waals surface area (Å²) in [5.74, 6) is -0.310. The number of likely N-dealkylation sites (N-methyl/N-ethyl adjacent to an activating group) is 2. The molecule has 2 unspecified atom stereocenters. The first-order chi connectivity index (χ1) is 10.2. The third-order valence-corrected chi connectivity index (χ3v) is 5.39. The Balaban J connectivity index is 1.69. The van der Waals surface area contributed by atoms with Crippen LogP contribution in [0.25, 0.3) is 0 Å². The van der Waals surface area contributed by atoms with Crippen LogP contribution >= 0.6 is 0 Å². The van der Waals surface area contributed by atoms with E-state index in [0.29, 0.717) is 18.1 Å². The lowest BCUT2D eigenvalue weighted by molar-refractivity contribution is -0.195. The van der Waals surface area contributed by atoms with Crippen molar-refractivity contribution in [2.75, 3.05) is 40.0 Å². The van der Waals surface area contributed by atoms with Crippen molar-refractivity contribution in [2.24, 2.45) is 0 Å². The molecule has 2 atom stereocenters. The van der Waals surface area contributed by atoms with Crippen LogP contribution in [0.3, 0.4) is 0 Å². The number of hydrogen-bond donors (Lipinski definition) is 1. The third kappa shape index (κ3) is 3.42. The molecule has 1 saturated carbocycles. The van der Waals surface area contributed by atoms with Gasteiger partial charge in [0.15, 0.2) is 5.79 Å². The number of nitrogens with one attached hydrogen (secondary N) is 1. The van der Waals surface area contributed by atoms with Crippen molar-refractivity contribution in [1.29, 1.82) is 0 Å². The van der Waals surface area contributed by atoms with Crippen LogP contribution in [-0.4, -0.2) is 68.8 Å². The summed E-state index contributed by atoms with van der Waals surface area (Å²) in [7, 11) is 2.28. The molecule has 3 fully saturated rings. The molecule has 1 N–H and O–H groups in total. The zero-order valence-electron chi connectivity index (χ0n) is 13.5. The summed E-state index contributed by atoms with van der Waals surface area (Å²) >= 11 is 0. The molecule has 3 rings (SSSR count). The second kappa shape index (κ2) is 6.92. The zero-order chi connectivity index (χ0) is 14.7. The van der Waals surface area contributed by atoms with E-state index in [1.165, 1.54) is 0 Å². The molecule has 2 heterocycles. The van der Waals surface area contributed by atoms with Gasteiger partial charge in [0.05, 0.1) is 13.2 Å². The zero-order valence-corrected chi connectivity index (χ0v) is 13.5. The minimum absolute atomic E-state index is 0.310. The average molecular weight is 298 g/mol. The molecule has 1 aliphatic carbocycles. The van der Waals surface area contributed by atoms with Gasteiger partial charge in [-0.2, -0.15) is 0 Å². The summed E-state index contributed by atoms with van der Waals surface area (Å²) in [5.41, 5.74) is 0. The van der Waals surface area contributed by atoms with Gasteiger partial charge in [-0.05, 0) is 32.9 Å². The summed E-state index contributed by atoms with van der Waals surface area (Å²) in [6, 6.07) is 1.66. The maximum absolute atomic E-state index is 5.97.